The highest BCUT2D eigenvalue weighted by molar-refractivity contribution is 5.17. The van der Waals surface area contributed by atoms with Crippen molar-refractivity contribution < 1.29 is 37.9 Å². The van der Waals surface area contributed by atoms with E-state index in [9.17, 15) is 0 Å². The third-order valence-corrected chi connectivity index (χ3v) is 10.1. The number of benzene rings is 5. The van der Waals surface area contributed by atoms with Crippen molar-refractivity contribution in [2.24, 2.45) is 0 Å². The predicted molar refractivity (Wildman–Crippen MR) is 210 cm³/mol. The van der Waals surface area contributed by atoms with Gasteiger partial charge in [-0.1, -0.05) is 152 Å². The van der Waals surface area contributed by atoms with Crippen LogP contribution in [0, 0.1) is 0 Å². The lowest BCUT2D eigenvalue weighted by Crippen LogP contribution is -2.63. The number of hydrogen-bond acceptors (Lipinski definition) is 8. The van der Waals surface area contributed by atoms with E-state index in [4.69, 9.17) is 37.9 Å². The molecule has 0 N–H and O–H groups in total. The average Bonchev–Trinajstić information content (AvgIpc) is 3.23. The number of hydrogen-bond donors (Lipinski definition) is 0. The van der Waals surface area contributed by atoms with Crippen LogP contribution in [0.1, 0.15) is 41.7 Å². The molecule has 7 rings (SSSR count). The van der Waals surface area contributed by atoms with E-state index >= 15 is 0 Å². The smallest absolute Gasteiger partial charge is 0.187 e. The van der Waals surface area contributed by atoms with E-state index in [1.54, 1.807) is 0 Å². The fourth-order valence-electron chi connectivity index (χ4n) is 7.13. The Morgan fingerprint density at radius 3 is 1.16 bits per heavy atom. The summed E-state index contributed by atoms with van der Waals surface area (Å²) in [5.41, 5.74) is 5.24. The Morgan fingerprint density at radius 2 is 0.745 bits per heavy atom. The van der Waals surface area contributed by atoms with E-state index in [2.05, 4.69) is 48.5 Å². The maximum absolute atomic E-state index is 7.16. The van der Waals surface area contributed by atoms with Crippen molar-refractivity contribution in [2.75, 3.05) is 6.61 Å². The highest BCUT2D eigenvalue weighted by atomic mass is 16.7. The predicted octanol–water partition coefficient (Wildman–Crippen LogP) is 8.46. The van der Waals surface area contributed by atoms with Crippen LogP contribution in [0.15, 0.2) is 152 Å². The van der Waals surface area contributed by atoms with Gasteiger partial charge in [0, 0.05) is 0 Å². The largest absolute Gasteiger partial charge is 0.373 e. The third kappa shape index (κ3) is 11.0. The van der Waals surface area contributed by atoms with Crippen molar-refractivity contribution in [3.05, 3.63) is 179 Å². The molecule has 9 atom stereocenters. The standard InChI is InChI=1S/C47H52O8/c1-34-42(50-29-37-20-10-4-11-21-37)44(41(33-48-34)49-28-36-18-8-3-9-19-36)55-47-46(53-32-40-26-16-7-17-27-40)45(52-31-39-24-14-6-15-25-39)43(35(2)54-47)51-30-38-22-12-5-13-23-38/h3-27,34-35,41-47H,28-33H2,1-2H3/t34?,35?,41?,42?,43-,44?,45?,46?,47?/m1/s1. The minimum atomic E-state index is -0.850. The molecule has 0 saturated carbocycles. The van der Waals surface area contributed by atoms with Crippen molar-refractivity contribution in [1.29, 1.82) is 0 Å². The summed E-state index contributed by atoms with van der Waals surface area (Å²) < 4.78 is 53.9. The van der Waals surface area contributed by atoms with Crippen LogP contribution < -0.4 is 0 Å². The van der Waals surface area contributed by atoms with Crippen LogP contribution in [0.25, 0.3) is 0 Å². The third-order valence-electron chi connectivity index (χ3n) is 10.1. The Labute approximate surface area is 325 Å². The van der Waals surface area contributed by atoms with Gasteiger partial charge in [-0.05, 0) is 41.7 Å². The second-order valence-electron chi connectivity index (χ2n) is 14.2. The lowest BCUT2D eigenvalue weighted by atomic mass is 9.97. The molecule has 0 aliphatic carbocycles. The quantitative estimate of drug-likeness (QED) is 0.0940. The van der Waals surface area contributed by atoms with Crippen LogP contribution in [0.4, 0.5) is 0 Å². The van der Waals surface area contributed by atoms with Crippen LogP contribution in [0.3, 0.4) is 0 Å². The first-order chi connectivity index (χ1) is 27.1. The summed E-state index contributed by atoms with van der Waals surface area (Å²) in [7, 11) is 0. The molecular weight excluding hydrogens is 693 g/mol. The van der Waals surface area contributed by atoms with Gasteiger partial charge in [0.1, 0.15) is 36.6 Å². The molecule has 0 aromatic heterocycles. The molecule has 5 aromatic carbocycles. The van der Waals surface area contributed by atoms with E-state index in [1.807, 2.05) is 117 Å². The zero-order valence-electron chi connectivity index (χ0n) is 31.6. The van der Waals surface area contributed by atoms with Gasteiger partial charge < -0.3 is 37.9 Å². The fraction of sp³-hybridized carbons (Fsp3) is 0.362. The molecule has 0 amide bonds. The highest BCUT2D eigenvalue weighted by Gasteiger charge is 2.51. The molecule has 288 valence electrons. The zero-order valence-corrected chi connectivity index (χ0v) is 31.6. The lowest BCUT2D eigenvalue weighted by molar-refractivity contribution is -0.351. The Bertz CT molecular complexity index is 1800. The van der Waals surface area contributed by atoms with Crippen LogP contribution in [-0.2, 0) is 70.9 Å². The summed E-state index contributed by atoms with van der Waals surface area (Å²) in [5, 5.41) is 0. The summed E-state index contributed by atoms with van der Waals surface area (Å²) in [4.78, 5) is 0. The van der Waals surface area contributed by atoms with E-state index in [1.165, 1.54) is 0 Å². The zero-order chi connectivity index (χ0) is 37.7. The molecule has 2 fully saturated rings. The minimum absolute atomic E-state index is 0.276. The number of rotatable bonds is 17. The van der Waals surface area contributed by atoms with Gasteiger partial charge in [0.15, 0.2) is 6.29 Å². The molecule has 8 heteroatoms. The first-order valence-corrected chi connectivity index (χ1v) is 19.3. The monoisotopic (exact) mass is 744 g/mol. The molecule has 0 spiro atoms. The summed E-state index contributed by atoms with van der Waals surface area (Å²) >= 11 is 0. The van der Waals surface area contributed by atoms with E-state index in [0.29, 0.717) is 39.6 Å². The Balaban J connectivity index is 1.19. The Hall–Kier alpha value is -4.22. The molecule has 2 saturated heterocycles. The van der Waals surface area contributed by atoms with E-state index in [0.717, 1.165) is 27.8 Å². The van der Waals surface area contributed by atoms with Crippen molar-refractivity contribution in [3.63, 3.8) is 0 Å². The van der Waals surface area contributed by atoms with Crippen LogP contribution in [0.2, 0.25) is 0 Å². The Kier molecular flexibility index (Phi) is 14.3. The van der Waals surface area contributed by atoms with Gasteiger partial charge in [-0.15, -0.1) is 0 Å². The molecule has 8 unspecified atom stereocenters. The van der Waals surface area contributed by atoms with Gasteiger partial charge in [-0.3, -0.25) is 0 Å². The first kappa shape index (κ1) is 39.0. The maximum atomic E-state index is 7.16. The molecule has 5 aromatic rings. The van der Waals surface area contributed by atoms with Crippen molar-refractivity contribution in [3.8, 4) is 0 Å². The molecule has 2 heterocycles. The molecule has 2 aliphatic heterocycles. The fourth-order valence-corrected chi connectivity index (χ4v) is 7.13. The van der Waals surface area contributed by atoms with Gasteiger partial charge in [-0.25, -0.2) is 0 Å². The molecule has 0 radical (unpaired) electrons. The summed E-state index contributed by atoms with van der Waals surface area (Å²) in [6, 6.07) is 50.6. The Morgan fingerprint density at radius 1 is 0.400 bits per heavy atom. The average molecular weight is 745 g/mol. The summed E-state index contributed by atoms with van der Waals surface area (Å²) in [6.07, 6.45) is -4.72. The van der Waals surface area contributed by atoms with Gasteiger partial charge in [0.25, 0.3) is 0 Å². The first-order valence-electron chi connectivity index (χ1n) is 19.3. The highest BCUT2D eigenvalue weighted by Crippen LogP contribution is 2.34. The lowest BCUT2D eigenvalue weighted by Gasteiger charge is -2.48. The van der Waals surface area contributed by atoms with Crippen molar-refractivity contribution in [2.45, 2.75) is 102 Å². The maximum Gasteiger partial charge on any atom is 0.187 e. The molecule has 0 bridgehead atoms. The van der Waals surface area contributed by atoms with E-state index < -0.39 is 49.0 Å². The van der Waals surface area contributed by atoms with Crippen molar-refractivity contribution in [1.82, 2.24) is 0 Å². The SMILES string of the molecule is CC1OCC(OCc2ccccc2)C(OC2OC(C)[C@@H](OCc3ccccc3)C(OCc3ccccc3)C2OCc2ccccc2)C1OCc1ccccc1. The molecular formula is C47H52O8. The topological polar surface area (TPSA) is 73.8 Å². The van der Waals surface area contributed by atoms with Crippen LogP contribution in [-0.4, -0.2) is 61.7 Å². The van der Waals surface area contributed by atoms with Crippen LogP contribution in [0.5, 0.6) is 0 Å². The summed E-state index contributed by atoms with van der Waals surface area (Å²) in [5.74, 6) is 0. The molecule has 8 nitrogen and oxygen atoms in total. The molecule has 55 heavy (non-hydrogen) atoms. The normalized spacial score (nSPS) is 26.8. The minimum Gasteiger partial charge on any atom is -0.373 e. The summed E-state index contributed by atoms with van der Waals surface area (Å²) in [6.45, 7) is 6.22. The molecule has 2 aliphatic rings. The van der Waals surface area contributed by atoms with Gasteiger partial charge in [0.2, 0.25) is 0 Å². The number of ether oxygens (including phenoxy) is 8. The van der Waals surface area contributed by atoms with Gasteiger partial charge in [0.05, 0.1) is 51.8 Å². The van der Waals surface area contributed by atoms with Crippen molar-refractivity contribution >= 4 is 0 Å². The van der Waals surface area contributed by atoms with Gasteiger partial charge >= 0.3 is 0 Å². The van der Waals surface area contributed by atoms with Crippen LogP contribution >= 0.6 is 0 Å². The second kappa shape index (κ2) is 20.1. The van der Waals surface area contributed by atoms with E-state index in [-0.39, 0.29) is 6.10 Å². The second-order valence-corrected chi connectivity index (χ2v) is 14.2. The van der Waals surface area contributed by atoms with Gasteiger partial charge in [-0.2, -0.15) is 0 Å².